The Morgan fingerprint density at radius 3 is 2.34 bits per heavy atom. The van der Waals surface area contributed by atoms with Gasteiger partial charge in [-0.15, -0.1) is 6.42 Å². The SMILES string of the molecule is C#CCN(c1ccc2ncc(-c3cnn(C)c3)cc2c1)c1c(F)c(OC)cc(OC)c1F. The van der Waals surface area contributed by atoms with Crippen molar-refractivity contribution in [3.8, 4) is 35.0 Å². The minimum atomic E-state index is -0.872. The topological polar surface area (TPSA) is 52.4 Å². The Hall–Kier alpha value is -4.12. The highest BCUT2D eigenvalue weighted by molar-refractivity contribution is 5.87. The van der Waals surface area contributed by atoms with Crippen LogP contribution in [-0.4, -0.2) is 35.5 Å². The first-order valence-corrected chi connectivity index (χ1v) is 9.66. The Morgan fingerprint density at radius 2 is 1.75 bits per heavy atom. The lowest BCUT2D eigenvalue weighted by Gasteiger charge is -2.25. The molecule has 0 saturated carbocycles. The van der Waals surface area contributed by atoms with Crippen LogP contribution in [0.5, 0.6) is 11.5 Å². The number of methoxy groups -OCH3 is 2. The smallest absolute Gasteiger partial charge is 0.191 e. The number of benzene rings is 2. The highest BCUT2D eigenvalue weighted by Crippen LogP contribution is 2.40. The fourth-order valence-electron chi connectivity index (χ4n) is 3.52. The van der Waals surface area contributed by atoms with Crippen LogP contribution >= 0.6 is 0 Å². The maximum absolute atomic E-state index is 15.2. The van der Waals surface area contributed by atoms with Gasteiger partial charge in [0.2, 0.25) is 0 Å². The van der Waals surface area contributed by atoms with Gasteiger partial charge < -0.3 is 14.4 Å². The van der Waals surface area contributed by atoms with Crippen molar-refractivity contribution in [1.29, 1.82) is 0 Å². The molecule has 0 amide bonds. The van der Waals surface area contributed by atoms with Crippen molar-refractivity contribution < 1.29 is 18.3 Å². The summed E-state index contributed by atoms with van der Waals surface area (Å²) in [6.45, 7) is -0.0780. The molecule has 0 atom stereocenters. The lowest BCUT2D eigenvalue weighted by atomic mass is 10.1. The molecule has 32 heavy (non-hydrogen) atoms. The van der Waals surface area contributed by atoms with Gasteiger partial charge in [0.25, 0.3) is 0 Å². The first-order valence-electron chi connectivity index (χ1n) is 9.66. The van der Waals surface area contributed by atoms with E-state index in [4.69, 9.17) is 15.9 Å². The molecule has 4 rings (SSSR count). The molecular formula is C24H20F2N4O2. The summed E-state index contributed by atoms with van der Waals surface area (Å²) in [5, 5.41) is 4.97. The molecule has 0 aliphatic rings. The van der Waals surface area contributed by atoms with Crippen LogP contribution in [-0.2, 0) is 7.05 Å². The number of aromatic nitrogens is 3. The van der Waals surface area contributed by atoms with E-state index in [1.165, 1.54) is 19.1 Å². The van der Waals surface area contributed by atoms with E-state index in [9.17, 15) is 0 Å². The van der Waals surface area contributed by atoms with Gasteiger partial charge in [-0.25, -0.2) is 8.78 Å². The van der Waals surface area contributed by atoms with Crippen molar-refractivity contribution >= 4 is 22.3 Å². The molecule has 0 aliphatic carbocycles. The fraction of sp³-hybridized carbons (Fsp3) is 0.167. The standard InChI is InChI=1S/C24H20F2N4O2/c1-5-8-30(24-22(25)20(31-3)11-21(32-4)23(24)26)18-6-7-19-15(10-18)9-16(12-27-19)17-13-28-29(2)14-17/h1,6-7,9-14H,8H2,2-4H3. The summed E-state index contributed by atoms with van der Waals surface area (Å²) in [4.78, 5) is 5.86. The van der Waals surface area contributed by atoms with Gasteiger partial charge in [-0.2, -0.15) is 5.10 Å². The van der Waals surface area contributed by atoms with E-state index in [1.807, 2.05) is 19.3 Å². The molecule has 0 saturated heterocycles. The van der Waals surface area contributed by atoms with E-state index in [0.717, 1.165) is 28.1 Å². The number of pyridine rings is 1. The van der Waals surface area contributed by atoms with Crippen LogP contribution in [0.25, 0.3) is 22.0 Å². The third-order valence-corrected chi connectivity index (χ3v) is 5.08. The van der Waals surface area contributed by atoms with Gasteiger partial charge in [-0.05, 0) is 24.3 Å². The molecule has 0 radical (unpaired) electrons. The summed E-state index contributed by atoms with van der Waals surface area (Å²) in [6.07, 6.45) is 10.9. The van der Waals surface area contributed by atoms with E-state index in [-0.39, 0.29) is 23.7 Å². The molecule has 162 valence electrons. The van der Waals surface area contributed by atoms with Crippen LogP contribution in [0.15, 0.2) is 48.9 Å². The zero-order valence-corrected chi connectivity index (χ0v) is 17.8. The van der Waals surface area contributed by atoms with Gasteiger partial charge in [-0.3, -0.25) is 9.67 Å². The van der Waals surface area contributed by atoms with Gasteiger partial charge in [0, 0.05) is 47.7 Å². The number of terminal acetylenes is 1. The molecule has 0 bridgehead atoms. The number of fused-ring (bicyclic) bond motifs is 1. The van der Waals surface area contributed by atoms with Gasteiger partial charge in [0.1, 0.15) is 5.69 Å². The van der Waals surface area contributed by atoms with Crippen LogP contribution in [0.1, 0.15) is 0 Å². The van der Waals surface area contributed by atoms with Crippen LogP contribution in [0.3, 0.4) is 0 Å². The molecular weight excluding hydrogens is 414 g/mol. The van der Waals surface area contributed by atoms with Crippen LogP contribution in [0.2, 0.25) is 0 Å². The third kappa shape index (κ3) is 3.69. The number of hydrogen-bond acceptors (Lipinski definition) is 5. The van der Waals surface area contributed by atoms with Crippen LogP contribution in [0, 0.1) is 24.0 Å². The normalized spacial score (nSPS) is 10.8. The number of nitrogens with zero attached hydrogens (tertiary/aromatic N) is 4. The Balaban J connectivity index is 1.87. The van der Waals surface area contributed by atoms with E-state index in [1.54, 1.807) is 35.3 Å². The van der Waals surface area contributed by atoms with Gasteiger partial charge in [0.15, 0.2) is 23.1 Å². The van der Waals surface area contributed by atoms with Crippen molar-refractivity contribution in [2.24, 2.45) is 7.05 Å². The quantitative estimate of drug-likeness (QED) is 0.412. The fourth-order valence-corrected chi connectivity index (χ4v) is 3.52. The summed E-state index contributed by atoms with van der Waals surface area (Å²) in [5.74, 6) is 0.420. The summed E-state index contributed by atoms with van der Waals surface area (Å²) in [7, 11) is 4.43. The predicted molar refractivity (Wildman–Crippen MR) is 119 cm³/mol. The van der Waals surface area contributed by atoms with E-state index < -0.39 is 11.6 Å². The largest absolute Gasteiger partial charge is 0.493 e. The van der Waals surface area contributed by atoms with Crippen molar-refractivity contribution in [3.05, 3.63) is 60.6 Å². The Kier molecular flexibility index (Phi) is 5.65. The molecule has 0 unspecified atom stereocenters. The zero-order valence-electron chi connectivity index (χ0n) is 17.8. The zero-order chi connectivity index (χ0) is 22.8. The third-order valence-electron chi connectivity index (χ3n) is 5.08. The maximum Gasteiger partial charge on any atom is 0.191 e. The molecule has 0 aliphatic heterocycles. The molecule has 0 N–H and O–H groups in total. The van der Waals surface area contributed by atoms with E-state index >= 15 is 8.78 Å². The summed E-state index contributed by atoms with van der Waals surface area (Å²) in [6, 6.07) is 8.36. The minimum Gasteiger partial charge on any atom is -0.493 e. The summed E-state index contributed by atoms with van der Waals surface area (Å²) in [5.41, 5.74) is 2.64. The number of aryl methyl sites for hydroxylation is 1. The average Bonchev–Trinajstić information content (AvgIpc) is 3.24. The highest BCUT2D eigenvalue weighted by atomic mass is 19.1. The molecule has 6 nitrogen and oxygen atoms in total. The van der Waals surface area contributed by atoms with Gasteiger partial charge in [-0.1, -0.05) is 5.92 Å². The molecule has 0 fully saturated rings. The molecule has 2 aromatic carbocycles. The van der Waals surface area contributed by atoms with Crippen molar-refractivity contribution in [3.63, 3.8) is 0 Å². The molecule has 2 aromatic heterocycles. The molecule has 4 aromatic rings. The predicted octanol–water partition coefficient (Wildman–Crippen LogP) is 4.70. The number of anilines is 2. The first-order chi connectivity index (χ1) is 15.5. The second kappa shape index (κ2) is 8.55. The molecule has 0 spiro atoms. The molecule has 2 heterocycles. The van der Waals surface area contributed by atoms with Gasteiger partial charge in [0.05, 0.1) is 32.5 Å². The Labute approximate surface area is 184 Å². The lowest BCUT2D eigenvalue weighted by Crippen LogP contribution is -2.20. The van der Waals surface area contributed by atoms with Crippen molar-refractivity contribution in [2.45, 2.75) is 0 Å². The number of ether oxygens (including phenoxy) is 2. The average molecular weight is 434 g/mol. The van der Waals surface area contributed by atoms with Gasteiger partial charge >= 0.3 is 0 Å². The van der Waals surface area contributed by atoms with Crippen molar-refractivity contribution in [1.82, 2.24) is 14.8 Å². The Bertz CT molecular complexity index is 1320. The summed E-state index contributed by atoms with van der Waals surface area (Å²) >= 11 is 0. The van der Waals surface area contributed by atoms with Crippen molar-refractivity contribution in [2.75, 3.05) is 25.7 Å². The minimum absolute atomic E-state index is 0.0780. The van der Waals surface area contributed by atoms with E-state index in [2.05, 4.69) is 16.0 Å². The van der Waals surface area contributed by atoms with Crippen LogP contribution in [0.4, 0.5) is 20.2 Å². The second-order valence-electron chi connectivity index (χ2n) is 7.05. The number of halogens is 2. The first kappa shape index (κ1) is 21.1. The highest BCUT2D eigenvalue weighted by Gasteiger charge is 2.25. The molecule has 8 heteroatoms. The summed E-state index contributed by atoms with van der Waals surface area (Å²) < 4.78 is 42.2. The van der Waals surface area contributed by atoms with Crippen LogP contribution < -0.4 is 14.4 Å². The Morgan fingerprint density at radius 1 is 1.03 bits per heavy atom. The number of hydrogen-bond donors (Lipinski definition) is 0. The second-order valence-corrected chi connectivity index (χ2v) is 7.05. The lowest BCUT2D eigenvalue weighted by molar-refractivity contribution is 0.359. The number of rotatable bonds is 6. The maximum atomic E-state index is 15.2. The van der Waals surface area contributed by atoms with E-state index in [0.29, 0.717) is 5.69 Å². The monoisotopic (exact) mass is 434 g/mol.